The third-order valence-corrected chi connectivity index (χ3v) is 4.57. The summed E-state index contributed by atoms with van der Waals surface area (Å²) in [6.07, 6.45) is 4.58. The van der Waals surface area contributed by atoms with Gasteiger partial charge in [0, 0.05) is 19.6 Å². The van der Waals surface area contributed by atoms with E-state index >= 15 is 0 Å². The molecule has 0 radical (unpaired) electrons. The first kappa shape index (κ1) is 18.3. The van der Waals surface area contributed by atoms with Crippen molar-refractivity contribution in [2.45, 2.75) is 53.0 Å². The summed E-state index contributed by atoms with van der Waals surface area (Å²) in [6.45, 7) is 8.21. The Morgan fingerprint density at radius 2 is 2.04 bits per heavy atom. The van der Waals surface area contributed by atoms with Gasteiger partial charge in [-0.3, -0.25) is 9.48 Å². The number of carboxylic acid groups (broad SMARTS) is 1. The van der Waals surface area contributed by atoms with Crippen LogP contribution < -0.4 is 5.32 Å². The molecule has 1 saturated heterocycles. The smallest absolute Gasteiger partial charge is 0.321 e. The highest BCUT2D eigenvalue weighted by Crippen LogP contribution is 2.21. The highest BCUT2D eigenvalue weighted by atomic mass is 16.4. The van der Waals surface area contributed by atoms with Crippen molar-refractivity contribution in [2.75, 3.05) is 18.4 Å². The zero-order valence-electron chi connectivity index (χ0n) is 14.8. The monoisotopic (exact) mass is 336 g/mol. The number of rotatable bonds is 6. The number of amides is 2. The van der Waals surface area contributed by atoms with Crippen LogP contribution in [0, 0.1) is 11.8 Å². The predicted molar refractivity (Wildman–Crippen MR) is 92.0 cm³/mol. The largest absolute Gasteiger partial charge is 0.481 e. The summed E-state index contributed by atoms with van der Waals surface area (Å²) in [5.41, 5.74) is 1.79. The van der Waals surface area contributed by atoms with Crippen LogP contribution in [0.15, 0.2) is 6.20 Å². The fourth-order valence-corrected chi connectivity index (χ4v) is 2.99. The quantitative estimate of drug-likeness (QED) is 0.836. The third-order valence-electron chi connectivity index (χ3n) is 4.57. The second-order valence-electron chi connectivity index (χ2n) is 6.79. The summed E-state index contributed by atoms with van der Waals surface area (Å²) in [5, 5.41) is 16.4. The van der Waals surface area contributed by atoms with Crippen LogP contribution in [0.4, 0.5) is 10.5 Å². The number of carbonyl (C=O) groups excluding carboxylic acids is 1. The summed E-state index contributed by atoms with van der Waals surface area (Å²) in [7, 11) is 0. The number of hydrogen-bond donors (Lipinski definition) is 2. The minimum atomic E-state index is -0.769. The van der Waals surface area contributed by atoms with E-state index in [0.29, 0.717) is 31.8 Å². The second-order valence-corrected chi connectivity index (χ2v) is 6.79. The molecule has 7 heteroatoms. The molecule has 0 bridgehead atoms. The van der Waals surface area contributed by atoms with Gasteiger partial charge in [-0.25, -0.2) is 4.79 Å². The predicted octanol–water partition coefficient (Wildman–Crippen LogP) is 2.82. The highest BCUT2D eigenvalue weighted by molar-refractivity contribution is 5.90. The number of hydrogen-bond acceptors (Lipinski definition) is 3. The fraction of sp³-hybridized carbons (Fsp3) is 0.706. The molecule has 0 saturated carbocycles. The Morgan fingerprint density at radius 1 is 1.38 bits per heavy atom. The Balaban J connectivity index is 1.95. The molecule has 0 spiro atoms. The van der Waals surface area contributed by atoms with E-state index in [0.717, 1.165) is 30.8 Å². The van der Waals surface area contributed by atoms with Crippen molar-refractivity contribution >= 4 is 17.7 Å². The van der Waals surface area contributed by atoms with Gasteiger partial charge in [0.1, 0.15) is 0 Å². The van der Waals surface area contributed by atoms with Crippen molar-refractivity contribution in [2.24, 2.45) is 11.8 Å². The summed E-state index contributed by atoms with van der Waals surface area (Å²) >= 11 is 0. The molecular weight excluding hydrogens is 308 g/mol. The molecule has 24 heavy (non-hydrogen) atoms. The van der Waals surface area contributed by atoms with Crippen LogP contribution in [0.2, 0.25) is 0 Å². The number of aryl methyl sites for hydroxylation is 1. The van der Waals surface area contributed by atoms with E-state index < -0.39 is 5.97 Å². The summed E-state index contributed by atoms with van der Waals surface area (Å²) in [6, 6.07) is -0.169. The Hall–Kier alpha value is -2.05. The lowest BCUT2D eigenvalue weighted by Crippen LogP contribution is -2.42. The number of carboxylic acids is 1. The molecule has 1 aromatic heterocycles. The summed E-state index contributed by atoms with van der Waals surface area (Å²) in [5.74, 6) is -0.499. The van der Waals surface area contributed by atoms with E-state index in [1.54, 1.807) is 11.1 Å². The first-order chi connectivity index (χ1) is 11.4. The Bertz CT molecular complexity index is 574. The molecular formula is C17H28N4O3. The molecule has 0 unspecified atom stereocenters. The van der Waals surface area contributed by atoms with Gasteiger partial charge in [0.2, 0.25) is 0 Å². The van der Waals surface area contributed by atoms with Gasteiger partial charge >= 0.3 is 12.0 Å². The van der Waals surface area contributed by atoms with Crippen molar-refractivity contribution in [3.63, 3.8) is 0 Å². The number of anilines is 1. The van der Waals surface area contributed by atoms with Gasteiger partial charge in [-0.15, -0.1) is 0 Å². The zero-order valence-corrected chi connectivity index (χ0v) is 14.8. The molecule has 1 aromatic rings. The minimum Gasteiger partial charge on any atom is -0.481 e. The number of aromatic nitrogens is 2. The van der Waals surface area contributed by atoms with Crippen LogP contribution in [0.25, 0.3) is 0 Å². The average molecular weight is 336 g/mol. The Labute approximate surface area is 143 Å². The molecule has 0 aliphatic carbocycles. The van der Waals surface area contributed by atoms with Crippen LogP contribution in [0.1, 0.15) is 45.7 Å². The standard InChI is InChI=1S/C17H28N4O3/c1-4-15-14(11-18-21(15)10-5-12(2)3)19-17(24)20-8-6-13(7-9-20)16(22)23/h11-13H,4-10H2,1-3H3,(H,19,24)(H,22,23). The molecule has 0 aromatic carbocycles. The van der Waals surface area contributed by atoms with Gasteiger partial charge in [-0.1, -0.05) is 20.8 Å². The molecule has 2 heterocycles. The number of nitrogens with one attached hydrogen (secondary N) is 1. The van der Waals surface area contributed by atoms with Crippen LogP contribution in [0.3, 0.4) is 0 Å². The lowest BCUT2D eigenvalue weighted by molar-refractivity contribution is -0.143. The van der Waals surface area contributed by atoms with Crippen LogP contribution in [0.5, 0.6) is 0 Å². The maximum atomic E-state index is 12.4. The molecule has 0 atom stereocenters. The van der Waals surface area contributed by atoms with Crippen LogP contribution in [-0.4, -0.2) is 44.9 Å². The van der Waals surface area contributed by atoms with E-state index in [-0.39, 0.29) is 11.9 Å². The first-order valence-electron chi connectivity index (χ1n) is 8.75. The normalized spacial score (nSPS) is 15.8. The SMILES string of the molecule is CCc1c(NC(=O)N2CCC(C(=O)O)CC2)cnn1CCC(C)C. The molecule has 1 aliphatic heterocycles. The van der Waals surface area contributed by atoms with Gasteiger partial charge in [0.25, 0.3) is 0 Å². The molecule has 2 amide bonds. The molecule has 2 N–H and O–H groups in total. The Morgan fingerprint density at radius 3 is 2.58 bits per heavy atom. The Kier molecular flexibility index (Phi) is 6.23. The number of carbonyl (C=O) groups is 2. The fourth-order valence-electron chi connectivity index (χ4n) is 2.99. The van der Waals surface area contributed by atoms with Crippen molar-refractivity contribution in [3.8, 4) is 0 Å². The van der Waals surface area contributed by atoms with Gasteiger partial charge in [0.15, 0.2) is 0 Å². The lowest BCUT2D eigenvalue weighted by Gasteiger charge is -2.30. The van der Waals surface area contributed by atoms with Gasteiger partial charge in [-0.05, 0) is 31.6 Å². The molecule has 1 fully saturated rings. The van der Waals surface area contributed by atoms with E-state index in [2.05, 4.69) is 31.2 Å². The van der Waals surface area contributed by atoms with Crippen LogP contribution >= 0.6 is 0 Å². The van der Waals surface area contributed by atoms with Crippen LogP contribution in [-0.2, 0) is 17.8 Å². The highest BCUT2D eigenvalue weighted by Gasteiger charge is 2.27. The van der Waals surface area contributed by atoms with E-state index in [1.165, 1.54) is 0 Å². The van der Waals surface area contributed by atoms with Gasteiger partial charge in [-0.2, -0.15) is 5.10 Å². The first-order valence-corrected chi connectivity index (χ1v) is 8.75. The van der Waals surface area contributed by atoms with Crippen molar-refractivity contribution in [1.82, 2.24) is 14.7 Å². The van der Waals surface area contributed by atoms with Gasteiger partial charge < -0.3 is 15.3 Å². The maximum absolute atomic E-state index is 12.4. The third kappa shape index (κ3) is 4.49. The minimum absolute atomic E-state index is 0.169. The topological polar surface area (TPSA) is 87.5 Å². The number of nitrogens with zero attached hydrogens (tertiary/aromatic N) is 3. The lowest BCUT2D eigenvalue weighted by atomic mass is 9.97. The maximum Gasteiger partial charge on any atom is 0.321 e. The van der Waals surface area contributed by atoms with Crippen molar-refractivity contribution in [1.29, 1.82) is 0 Å². The van der Waals surface area contributed by atoms with Crippen molar-refractivity contribution < 1.29 is 14.7 Å². The van der Waals surface area contributed by atoms with Crippen molar-refractivity contribution in [3.05, 3.63) is 11.9 Å². The van der Waals surface area contributed by atoms with E-state index in [4.69, 9.17) is 5.11 Å². The molecule has 2 rings (SSSR count). The van der Waals surface area contributed by atoms with E-state index in [9.17, 15) is 9.59 Å². The number of likely N-dealkylation sites (tertiary alicyclic amines) is 1. The zero-order chi connectivity index (χ0) is 17.7. The number of aliphatic carboxylic acids is 1. The second kappa shape index (κ2) is 8.17. The number of urea groups is 1. The molecule has 1 aliphatic rings. The molecule has 7 nitrogen and oxygen atoms in total. The summed E-state index contributed by atoms with van der Waals surface area (Å²) in [4.78, 5) is 25.1. The van der Waals surface area contributed by atoms with E-state index in [1.807, 2.05) is 4.68 Å². The number of piperidine rings is 1. The average Bonchev–Trinajstić information content (AvgIpc) is 2.94. The van der Waals surface area contributed by atoms with Gasteiger partial charge in [0.05, 0.1) is 23.5 Å². The summed E-state index contributed by atoms with van der Waals surface area (Å²) < 4.78 is 1.96. The molecule has 134 valence electrons.